The number of hydrogen-bond donors (Lipinski definition) is 2. The van der Waals surface area contributed by atoms with Gasteiger partial charge in [0.15, 0.2) is 0 Å². The van der Waals surface area contributed by atoms with Gasteiger partial charge in [-0.3, -0.25) is 19.7 Å². The quantitative estimate of drug-likeness (QED) is 0.484. The third kappa shape index (κ3) is 4.60. The van der Waals surface area contributed by atoms with Crippen molar-refractivity contribution in [2.75, 3.05) is 5.32 Å². The van der Waals surface area contributed by atoms with Crippen LogP contribution in [-0.4, -0.2) is 16.7 Å². The lowest BCUT2D eigenvalue weighted by atomic mass is 10.1. The van der Waals surface area contributed by atoms with E-state index in [1.807, 2.05) is 18.2 Å². The number of nitrogens with zero attached hydrogens (tertiary/aromatic N) is 1. The van der Waals surface area contributed by atoms with Crippen LogP contribution in [0.25, 0.3) is 0 Å². The summed E-state index contributed by atoms with van der Waals surface area (Å²) in [7, 11) is 0. The Morgan fingerprint density at radius 3 is 2.46 bits per heavy atom. The molecule has 7 nitrogen and oxygen atoms in total. The largest absolute Gasteiger partial charge is 0.347 e. The summed E-state index contributed by atoms with van der Waals surface area (Å²) < 4.78 is 0. The van der Waals surface area contributed by atoms with Crippen LogP contribution in [-0.2, 0) is 6.54 Å². The van der Waals surface area contributed by atoms with Gasteiger partial charge in [-0.25, -0.2) is 0 Å². The van der Waals surface area contributed by atoms with E-state index in [-0.39, 0.29) is 28.9 Å². The topological polar surface area (TPSA) is 101 Å². The zero-order valence-electron chi connectivity index (χ0n) is 15.0. The first-order valence-electron chi connectivity index (χ1n) is 8.42. The highest BCUT2D eigenvalue weighted by atomic mass is 32.1. The first kappa shape index (κ1) is 19.2. The minimum absolute atomic E-state index is 0.0604. The molecule has 0 spiro atoms. The third-order valence-electron chi connectivity index (χ3n) is 3.99. The maximum atomic E-state index is 12.4. The van der Waals surface area contributed by atoms with E-state index in [0.29, 0.717) is 16.1 Å². The van der Waals surface area contributed by atoms with Crippen LogP contribution in [0, 0.1) is 17.0 Å². The van der Waals surface area contributed by atoms with E-state index < -0.39 is 4.92 Å². The molecule has 0 radical (unpaired) electrons. The molecule has 28 heavy (non-hydrogen) atoms. The lowest BCUT2D eigenvalue weighted by molar-refractivity contribution is -0.385. The minimum atomic E-state index is -0.503. The van der Waals surface area contributed by atoms with E-state index >= 15 is 0 Å². The molecule has 2 amide bonds. The summed E-state index contributed by atoms with van der Waals surface area (Å²) in [6, 6.07) is 17.3. The van der Waals surface area contributed by atoms with Crippen molar-refractivity contribution in [2.24, 2.45) is 0 Å². The molecule has 1 heterocycles. The van der Waals surface area contributed by atoms with Gasteiger partial charge in [0.1, 0.15) is 0 Å². The Hall–Kier alpha value is -3.52. The second kappa shape index (κ2) is 8.45. The molecule has 0 aliphatic heterocycles. The number of nitrogens with one attached hydrogen (secondary N) is 2. The number of aryl methyl sites for hydroxylation is 1. The van der Waals surface area contributed by atoms with Gasteiger partial charge >= 0.3 is 0 Å². The van der Waals surface area contributed by atoms with Crippen LogP contribution in [0.4, 0.5) is 11.4 Å². The van der Waals surface area contributed by atoms with Crippen molar-refractivity contribution in [1.82, 2.24) is 5.32 Å². The summed E-state index contributed by atoms with van der Waals surface area (Å²) in [5, 5.41) is 16.4. The lowest BCUT2D eigenvalue weighted by Crippen LogP contribution is -2.22. The summed E-state index contributed by atoms with van der Waals surface area (Å²) in [5.74, 6) is -0.635. The van der Waals surface area contributed by atoms with Gasteiger partial charge in [-0.05, 0) is 36.8 Å². The van der Waals surface area contributed by atoms with Crippen molar-refractivity contribution in [3.05, 3.63) is 91.7 Å². The van der Waals surface area contributed by atoms with Crippen LogP contribution in [0.15, 0.2) is 60.7 Å². The van der Waals surface area contributed by atoms with Crippen LogP contribution in [0.2, 0.25) is 0 Å². The Morgan fingerprint density at radius 2 is 1.79 bits per heavy atom. The van der Waals surface area contributed by atoms with Gasteiger partial charge in [0.05, 0.1) is 14.7 Å². The van der Waals surface area contributed by atoms with Gasteiger partial charge in [-0.2, -0.15) is 0 Å². The average molecular weight is 395 g/mol. The standard InChI is InChI=1S/C20H17N3O4S/c1-13-17(23(26)27)11-18(28-13)20(25)21-12-14-6-5-7-15(10-14)19(24)22-16-8-3-2-4-9-16/h2-11H,12H2,1H3,(H,21,25)(H,22,24). The number of amides is 2. The van der Waals surface area contributed by atoms with Gasteiger partial charge in [0.25, 0.3) is 17.5 Å². The molecular weight excluding hydrogens is 378 g/mol. The van der Waals surface area contributed by atoms with Crippen LogP contribution in [0.3, 0.4) is 0 Å². The highest BCUT2D eigenvalue weighted by Gasteiger charge is 2.19. The summed E-state index contributed by atoms with van der Waals surface area (Å²) in [5.41, 5.74) is 1.85. The Labute approximate surface area is 165 Å². The maximum absolute atomic E-state index is 12.4. The molecular formula is C20H17N3O4S. The summed E-state index contributed by atoms with van der Waals surface area (Å²) >= 11 is 1.08. The predicted octanol–water partition coefficient (Wildman–Crippen LogP) is 4.15. The van der Waals surface area contributed by atoms with Gasteiger partial charge < -0.3 is 10.6 Å². The fourth-order valence-electron chi connectivity index (χ4n) is 2.58. The molecule has 3 aromatic rings. The Bertz CT molecular complexity index is 1030. The fourth-order valence-corrected chi connectivity index (χ4v) is 3.49. The molecule has 0 unspecified atom stereocenters. The summed E-state index contributed by atoms with van der Waals surface area (Å²) in [6.07, 6.45) is 0. The maximum Gasteiger partial charge on any atom is 0.283 e. The van der Waals surface area contributed by atoms with Crippen LogP contribution < -0.4 is 10.6 Å². The highest BCUT2D eigenvalue weighted by Crippen LogP contribution is 2.27. The van der Waals surface area contributed by atoms with E-state index in [1.54, 1.807) is 43.3 Å². The van der Waals surface area contributed by atoms with Crippen LogP contribution in [0.5, 0.6) is 0 Å². The smallest absolute Gasteiger partial charge is 0.283 e. The first-order chi connectivity index (χ1) is 13.4. The molecule has 2 N–H and O–H groups in total. The molecule has 0 aliphatic carbocycles. The zero-order chi connectivity index (χ0) is 20.1. The van der Waals surface area contributed by atoms with Crippen molar-refractivity contribution >= 4 is 34.5 Å². The van der Waals surface area contributed by atoms with Gasteiger partial charge in [0, 0.05) is 23.9 Å². The molecule has 0 bridgehead atoms. The number of rotatable bonds is 6. The molecule has 2 aromatic carbocycles. The van der Waals surface area contributed by atoms with E-state index in [9.17, 15) is 19.7 Å². The Morgan fingerprint density at radius 1 is 1.04 bits per heavy atom. The SMILES string of the molecule is Cc1sc(C(=O)NCc2cccc(C(=O)Nc3ccccc3)c2)cc1[N+](=O)[O-]. The average Bonchev–Trinajstić information content (AvgIpc) is 3.09. The number of benzene rings is 2. The van der Waals surface area contributed by atoms with Crippen molar-refractivity contribution in [3.8, 4) is 0 Å². The number of para-hydroxylation sites is 1. The highest BCUT2D eigenvalue weighted by molar-refractivity contribution is 7.14. The fraction of sp³-hybridized carbons (Fsp3) is 0.100. The Balaban J connectivity index is 1.64. The second-order valence-electron chi connectivity index (χ2n) is 6.01. The number of anilines is 1. The van der Waals surface area contributed by atoms with Crippen LogP contribution in [0.1, 0.15) is 30.5 Å². The molecule has 0 saturated carbocycles. The van der Waals surface area contributed by atoms with Crippen molar-refractivity contribution < 1.29 is 14.5 Å². The van der Waals surface area contributed by atoms with Gasteiger partial charge in [0.2, 0.25) is 0 Å². The number of thiophene rings is 1. The Kier molecular flexibility index (Phi) is 5.81. The number of carbonyl (C=O) groups excluding carboxylic acids is 2. The van der Waals surface area contributed by atoms with Gasteiger partial charge in [-0.15, -0.1) is 11.3 Å². The van der Waals surface area contributed by atoms with Crippen molar-refractivity contribution in [1.29, 1.82) is 0 Å². The lowest BCUT2D eigenvalue weighted by Gasteiger charge is -2.08. The molecule has 0 atom stereocenters. The molecule has 0 aliphatic rings. The number of carbonyl (C=O) groups is 2. The van der Waals surface area contributed by atoms with Crippen molar-refractivity contribution in [2.45, 2.75) is 13.5 Å². The molecule has 142 valence electrons. The number of hydrogen-bond acceptors (Lipinski definition) is 5. The summed E-state index contributed by atoms with van der Waals surface area (Å²) in [4.78, 5) is 35.8. The third-order valence-corrected chi connectivity index (χ3v) is 5.02. The number of nitro groups is 1. The van der Waals surface area contributed by atoms with Crippen molar-refractivity contribution in [3.63, 3.8) is 0 Å². The second-order valence-corrected chi connectivity index (χ2v) is 7.27. The normalized spacial score (nSPS) is 10.3. The first-order valence-corrected chi connectivity index (χ1v) is 9.24. The van der Waals surface area contributed by atoms with Gasteiger partial charge in [-0.1, -0.05) is 30.3 Å². The van der Waals surface area contributed by atoms with Crippen LogP contribution >= 0.6 is 11.3 Å². The zero-order valence-corrected chi connectivity index (χ0v) is 15.8. The molecule has 8 heteroatoms. The molecule has 0 saturated heterocycles. The van der Waals surface area contributed by atoms with E-state index in [1.165, 1.54) is 6.07 Å². The minimum Gasteiger partial charge on any atom is -0.347 e. The summed E-state index contributed by atoms with van der Waals surface area (Å²) in [6.45, 7) is 1.81. The van der Waals surface area contributed by atoms with E-state index in [4.69, 9.17) is 0 Å². The monoisotopic (exact) mass is 395 g/mol. The van der Waals surface area contributed by atoms with E-state index in [0.717, 1.165) is 16.9 Å². The molecule has 0 fully saturated rings. The molecule has 3 rings (SSSR count). The predicted molar refractivity (Wildman–Crippen MR) is 108 cm³/mol. The van der Waals surface area contributed by atoms with E-state index in [2.05, 4.69) is 10.6 Å². The molecule has 1 aromatic heterocycles.